The van der Waals surface area contributed by atoms with Gasteiger partial charge in [-0.05, 0) is 37.1 Å². The zero-order valence-corrected chi connectivity index (χ0v) is 13.4. The van der Waals surface area contributed by atoms with E-state index in [1.807, 2.05) is 0 Å². The van der Waals surface area contributed by atoms with E-state index in [1.54, 1.807) is 36.5 Å². The maximum absolute atomic E-state index is 12.2. The van der Waals surface area contributed by atoms with E-state index < -0.39 is 0 Å². The van der Waals surface area contributed by atoms with Crippen LogP contribution in [0.25, 0.3) is 0 Å². The van der Waals surface area contributed by atoms with Gasteiger partial charge in [-0.1, -0.05) is 29.3 Å². The van der Waals surface area contributed by atoms with Crippen molar-refractivity contribution in [3.05, 3.63) is 52.1 Å². The molecule has 1 N–H and O–H groups in total. The lowest BCUT2D eigenvalue weighted by molar-refractivity contribution is 0.102. The van der Waals surface area contributed by atoms with Gasteiger partial charge in [0, 0.05) is 30.0 Å². The van der Waals surface area contributed by atoms with Crippen LogP contribution in [-0.2, 0) is 0 Å². The van der Waals surface area contributed by atoms with Gasteiger partial charge >= 0.3 is 0 Å². The third-order valence-corrected chi connectivity index (χ3v) is 4.09. The van der Waals surface area contributed by atoms with Gasteiger partial charge in [0.15, 0.2) is 0 Å². The van der Waals surface area contributed by atoms with Crippen LogP contribution in [0.3, 0.4) is 0 Å². The molecule has 114 valence electrons. The number of nitrogens with one attached hydrogen (secondary N) is 1. The molecule has 4 nitrogen and oxygen atoms in total. The molecule has 0 radical (unpaired) electrons. The molecule has 0 atom stereocenters. The highest BCUT2D eigenvalue weighted by atomic mass is 35.5. The first-order valence-corrected chi connectivity index (χ1v) is 7.86. The standard InChI is InChI=1S/C16H15Cl2N3O/c17-12-4-3-5-13(9-12)20-16(22)11-8-14(18)15(19-10-11)21-6-1-2-7-21/h3-5,8-10H,1-2,6-7H2,(H,20,22). The lowest BCUT2D eigenvalue weighted by atomic mass is 10.2. The average molecular weight is 336 g/mol. The smallest absolute Gasteiger partial charge is 0.257 e. The van der Waals surface area contributed by atoms with Crippen molar-refractivity contribution in [3.63, 3.8) is 0 Å². The van der Waals surface area contributed by atoms with E-state index in [0.717, 1.165) is 31.7 Å². The highest BCUT2D eigenvalue weighted by Gasteiger charge is 2.18. The number of halogens is 2. The Labute approximate surface area is 139 Å². The van der Waals surface area contributed by atoms with Crippen molar-refractivity contribution >= 4 is 40.6 Å². The lowest BCUT2D eigenvalue weighted by Gasteiger charge is -2.18. The maximum atomic E-state index is 12.2. The zero-order chi connectivity index (χ0) is 15.5. The maximum Gasteiger partial charge on any atom is 0.257 e. The Morgan fingerprint density at radius 2 is 1.95 bits per heavy atom. The highest BCUT2D eigenvalue weighted by molar-refractivity contribution is 6.33. The molecule has 0 unspecified atom stereocenters. The summed E-state index contributed by atoms with van der Waals surface area (Å²) in [5.74, 6) is 0.489. The number of carbonyl (C=O) groups excluding carboxylic acids is 1. The molecule has 0 saturated carbocycles. The molecular weight excluding hydrogens is 321 g/mol. The second kappa shape index (κ2) is 6.55. The first kappa shape index (κ1) is 15.1. The minimum atomic E-state index is -0.260. The van der Waals surface area contributed by atoms with Gasteiger partial charge in [-0.3, -0.25) is 4.79 Å². The van der Waals surface area contributed by atoms with Crippen LogP contribution in [0.2, 0.25) is 10.0 Å². The Balaban J connectivity index is 1.77. The number of nitrogens with zero attached hydrogens (tertiary/aromatic N) is 2. The van der Waals surface area contributed by atoms with E-state index in [0.29, 0.717) is 21.3 Å². The number of hydrogen-bond acceptors (Lipinski definition) is 3. The zero-order valence-electron chi connectivity index (χ0n) is 11.9. The van der Waals surface area contributed by atoms with Gasteiger partial charge in [-0.15, -0.1) is 0 Å². The first-order chi connectivity index (χ1) is 10.6. The molecule has 0 aliphatic carbocycles. The van der Waals surface area contributed by atoms with Crippen LogP contribution in [0, 0.1) is 0 Å². The molecule has 1 fully saturated rings. The van der Waals surface area contributed by atoms with E-state index >= 15 is 0 Å². The fraction of sp³-hybridized carbons (Fsp3) is 0.250. The molecule has 3 rings (SSSR count). The molecular formula is C16H15Cl2N3O. The molecule has 1 aromatic heterocycles. The summed E-state index contributed by atoms with van der Waals surface area (Å²) in [5.41, 5.74) is 1.06. The average Bonchev–Trinajstić information content (AvgIpc) is 3.01. The Morgan fingerprint density at radius 1 is 1.18 bits per heavy atom. The van der Waals surface area contributed by atoms with E-state index in [9.17, 15) is 4.79 Å². The Kier molecular flexibility index (Phi) is 4.50. The van der Waals surface area contributed by atoms with Gasteiger partial charge in [0.25, 0.3) is 5.91 Å². The second-order valence-corrected chi connectivity index (χ2v) is 6.03. The molecule has 1 aliphatic rings. The third-order valence-electron chi connectivity index (χ3n) is 3.57. The fourth-order valence-corrected chi connectivity index (χ4v) is 2.96. The normalized spacial score (nSPS) is 14.2. The largest absolute Gasteiger partial charge is 0.355 e. The van der Waals surface area contributed by atoms with Crippen molar-refractivity contribution in [3.8, 4) is 0 Å². The molecule has 1 aliphatic heterocycles. The van der Waals surface area contributed by atoms with Crippen LogP contribution in [0.5, 0.6) is 0 Å². The number of carbonyl (C=O) groups is 1. The number of anilines is 2. The van der Waals surface area contributed by atoms with E-state index in [1.165, 1.54) is 0 Å². The van der Waals surface area contributed by atoms with E-state index in [2.05, 4.69) is 15.2 Å². The summed E-state index contributed by atoms with van der Waals surface area (Å²) in [6, 6.07) is 8.65. The molecule has 1 amide bonds. The number of pyridine rings is 1. The van der Waals surface area contributed by atoms with Gasteiger partial charge in [0.1, 0.15) is 5.82 Å². The van der Waals surface area contributed by atoms with Gasteiger partial charge in [0.2, 0.25) is 0 Å². The van der Waals surface area contributed by atoms with Crippen LogP contribution in [0.1, 0.15) is 23.2 Å². The summed E-state index contributed by atoms with van der Waals surface area (Å²) >= 11 is 12.2. The third kappa shape index (κ3) is 3.34. The Hall–Kier alpha value is -1.78. The Bertz CT molecular complexity index is 700. The molecule has 2 heterocycles. The summed E-state index contributed by atoms with van der Waals surface area (Å²) in [7, 11) is 0. The first-order valence-electron chi connectivity index (χ1n) is 7.11. The molecule has 0 spiro atoms. The highest BCUT2D eigenvalue weighted by Crippen LogP contribution is 2.27. The van der Waals surface area contributed by atoms with E-state index in [4.69, 9.17) is 23.2 Å². The number of benzene rings is 1. The van der Waals surface area contributed by atoms with Crippen LogP contribution in [-0.4, -0.2) is 24.0 Å². The quantitative estimate of drug-likeness (QED) is 0.912. The van der Waals surface area contributed by atoms with Gasteiger partial charge in [0.05, 0.1) is 10.6 Å². The summed E-state index contributed by atoms with van der Waals surface area (Å²) in [6.07, 6.45) is 3.85. The van der Waals surface area contributed by atoms with Crippen molar-refractivity contribution in [1.82, 2.24) is 4.98 Å². The predicted octanol–water partition coefficient (Wildman–Crippen LogP) is 4.24. The summed E-state index contributed by atoms with van der Waals surface area (Å²) < 4.78 is 0. The monoisotopic (exact) mass is 335 g/mol. The van der Waals surface area contributed by atoms with Crippen molar-refractivity contribution in [2.24, 2.45) is 0 Å². The molecule has 1 aromatic carbocycles. The Morgan fingerprint density at radius 3 is 2.64 bits per heavy atom. The van der Waals surface area contributed by atoms with Crippen molar-refractivity contribution < 1.29 is 4.79 Å². The molecule has 6 heteroatoms. The summed E-state index contributed by atoms with van der Waals surface area (Å²) in [6.45, 7) is 1.92. The minimum absolute atomic E-state index is 0.260. The van der Waals surface area contributed by atoms with Gasteiger partial charge in [-0.2, -0.15) is 0 Å². The number of rotatable bonds is 3. The van der Waals surface area contributed by atoms with Crippen LogP contribution < -0.4 is 10.2 Å². The number of amides is 1. The summed E-state index contributed by atoms with van der Waals surface area (Å²) in [4.78, 5) is 18.7. The van der Waals surface area contributed by atoms with Crippen LogP contribution in [0.15, 0.2) is 36.5 Å². The topological polar surface area (TPSA) is 45.2 Å². The van der Waals surface area contributed by atoms with Crippen LogP contribution >= 0.6 is 23.2 Å². The number of hydrogen-bond donors (Lipinski definition) is 1. The van der Waals surface area contributed by atoms with Crippen molar-refractivity contribution in [2.75, 3.05) is 23.3 Å². The minimum Gasteiger partial charge on any atom is -0.355 e. The fourth-order valence-electron chi connectivity index (χ4n) is 2.49. The molecule has 0 bridgehead atoms. The number of aromatic nitrogens is 1. The molecule has 22 heavy (non-hydrogen) atoms. The SMILES string of the molecule is O=C(Nc1cccc(Cl)c1)c1cnc(N2CCCC2)c(Cl)c1. The second-order valence-electron chi connectivity index (χ2n) is 5.19. The van der Waals surface area contributed by atoms with Crippen molar-refractivity contribution in [1.29, 1.82) is 0 Å². The van der Waals surface area contributed by atoms with Gasteiger partial charge in [-0.25, -0.2) is 4.98 Å². The van der Waals surface area contributed by atoms with Crippen molar-refractivity contribution in [2.45, 2.75) is 12.8 Å². The molecule has 1 saturated heterocycles. The predicted molar refractivity (Wildman–Crippen MR) is 90.1 cm³/mol. The summed E-state index contributed by atoms with van der Waals surface area (Å²) in [5, 5.41) is 3.85. The van der Waals surface area contributed by atoms with E-state index in [-0.39, 0.29) is 5.91 Å². The van der Waals surface area contributed by atoms with Gasteiger partial charge < -0.3 is 10.2 Å². The van der Waals surface area contributed by atoms with Crippen LogP contribution in [0.4, 0.5) is 11.5 Å². The lowest BCUT2D eigenvalue weighted by Crippen LogP contribution is -2.20. The molecule has 2 aromatic rings.